The number of hydrogen-bond donors (Lipinski definition) is 0. The van der Waals surface area contributed by atoms with E-state index in [1.807, 2.05) is 0 Å². The molecule has 0 aromatic carbocycles. The van der Waals surface area contributed by atoms with Gasteiger partial charge in [0.2, 0.25) is 5.54 Å². The Hall–Kier alpha value is -0.770. The third-order valence-electron chi connectivity index (χ3n) is 5.16. The normalized spacial score (nSPS) is 41.6. The molecule has 17 heavy (non-hydrogen) atoms. The number of hydrogen-bond acceptors (Lipinski definition) is 0. The predicted octanol–water partition coefficient (Wildman–Crippen LogP) is 4.70. The maximum Gasteiger partial charge on any atom is 0.230 e. The Kier molecular flexibility index (Phi) is 3.34. The first-order valence-corrected chi connectivity index (χ1v) is 7.02. The van der Waals surface area contributed by atoms with E-state index in [2.05, 4.69) is 38.6 Å². The summed E-state index contributed by atoms with van der Waals surface area (Å²) in [6.07, 6.45) is 7.14. The van der Waals surface area contributed by atoms with Crippen LogP contribution in [-0.2, 0) is 0 Å². The van der Waals surface area contributed by atoms with Gasteiger partial charge in [0.05, 0.1) is 0 Å². The average molecular weight is 231 g/mol. The van der Waals surface area contributed by atoms with Gasteiger partial charge in [-0.1, -0.05) is 25.5 Å². The molecule has 0 spiro atoms. The molecule has 1 heteroatoms. The summed E-state index contributed by atoms with van der Waals surface area (Å²) in [4.78, 5) is 3.92. The van der Waals surface area contributed by atoms with Crippen molar-refractivity contribution in [1.29, 1.82) is 0 Å². The van der Waals surface area contributed by atoms with Crippen molar-refractivity contribution in [3.63, 3.8) is 0 Å². The molecule has 2 rings (SSSR count). The van der Waals surface area contributed by atoms with E-state index in [9.17, 15) is 0 Å². The zero-order valence-electron chi connectivity index (χ0n) is 11.7. The number of allylic oxidation sites excluding steroid dienone is 2. The van der Waals surface area contributed by atoms with Crippen LogP contribution in [-0.4, -0.2) is 5.54 Å². The lowest BCUT2D eigenvalue weighted by Gasteiger charge is -2.45. The molecule has 0 bridgehead atoms. The molecule has 4 atom stereocenters. The van der Waals surface area contributed by atoms with Gasteiger partial charge in [-0.15, -0.1) is 0 Å². The Morgan fingerprint density at radius 2 is 2.18 bits per heavy atom. The summed E-state index contributed by atoms with van der Waals surface area (Å²) in [6, 6.07) is 0. The van der Waals surface area contributed by atoms with Crippen LogP contribution in [0.3, 0.4) is 0 Å². The summed E-state index contributed by atoms with van der Waals surface area (Å²) in [6.45, 7) is 16.6. The van der Waals surface area contributed by atoms with Crippen molar-refractivity contribution < 1.29 is 0 Å². The fraction of sp³-hybridized carbons (Fsp3) is 0.812. The van der Waals surface area contributed by atoms with Gasteiger partial charge in [-0.05, 0) is 43.4 Å². The molecule has 1 saturated carbocycles. The minimum atomic E-state index is -0.0775. The van der Waals surface area contributed by atoms with Crippen LogP contribution in [0.25, 0.3) is 4.85 Å². The van der Waals surface area contributed by atoms with Gasteiger partial charge < -0.3 is 4.85 Å². The van der Waals surface area contributed by atoms with Gasteiger partial charge in [0.15, 0.2) is 0 Å². The van der Waals surface area contributed by atoms with Gasteiger partial charge in [0.1, 0.15) is 0 Å². The molecule has 0 saturated heterocycles. The van der Waals surface area contributed by atoms with Gasteiger partial charge in [-0.2, -0.15) is 0 Å². The summed E-state index contributed by atoms with van der Waals surface area (Å²) < 4.78 is 0. The van der Waals surface area contributed by atoms with Crippen molar-refractivity contribution in [2.75, 3.05) is 0 Å². The Morgan fingerprint density at radius 1 is 1.47 bits per heavy atom. The van der Waals surface area contributed by atoms with E-state index in [1.165, 1.54) is 12.8 Å². The van der Waals surface area contributed by atoms with Crippen molar-refractivity contribution in [2.45, 2.75) is 58.9 Å². The Morgan fingerprint density at radius 3 is 2.76 bits per heavy atom. The molecule has 94 valence electrons. The van der Waals surface area contributed by atoms with E-state index in [0.717, 1.165) is 36.5 Å². The van der Waals surface area contributed by atoms with Crippen LogP contribution in [0, 0.1) is 30.2 Å². The first kappa shape index (κ1) is 12.7. The first-order chi connectivity index (χ1) is 7.97. The fourth-order valence-corrected chi connectivity index (χ4v) is 3.96. The summed E-state index contributed by atoms with van der Waals surface area (Å²) in [5.41, 5.74) is 1.52. The summed E-state index contributed by atoms with van der Waals surface area (Å²) >= 11 is 0. The average Bonchev–Trinajstić information content (AvgIpc) is 2.29. The monoisotopic (exact) mass is 231 g/mol. The molecule has 2 aliphatic rings. The van der Waals surface area contributed by atoms with Crippen LogP contribution in [0.15, 0.2) is 11.6 Å². The maximum absolute atomic E-state index is 7.43. The molecule has 0 radical (unpaired) electrons. The highest BCUT2D eigenvalue weighted by Gasteiger charge is 2.47. The molecule has 0 aromatic heterocycles. The zero-order valence-corrected chi connectivity index (χ0v) is 11.7. The predicted molar refractivity (Wildman–Crippen MR) is 72.5 cm³/mol. The third-order valence-corrected chi connectivity index (χ3v) is 5.16. The summed E-state index contributed by atoms with van der Waals surface area (Å²) in [5, 5.41) is 0. The smallest absolute Gasteiger partial charge is 0.230 e. The second kappa shape index (κ2) is 4.48. The van der Waals surface area contributed by atoms with E-state index in [1.54, 1.807) is 5.57 Å². The van der Waals surface area contributed by atoms with Crippen LogP contribution in [0.1, 0.15) is 53.4 Å². The Bertz CT molecular complexity index is 360. The molecule has 2 aliphatic carbocycles. The van der Waals surface area contributed by atoms with E-state index in [0.29, 0.717) is 0 Å². The van der Waals surface area contributed by atoms with Crippen LogP contribution >= 0.6 is 0 Å². The van der Waals surface area contributed by atoms with E-state index in [4.69, 9.17) is 6.57 Å². The first-order valence-electron chi connectivity index (χ1n) is 7.02. The minimum Gasteiger partial charge on any atom is -0.311 e. The zero-order chi connectivity index (χ0) is 12.6. The molecule has 0 N–H and O–H groups in total. The molecule has 1 fully saturated rings. The lowest BCUT2D eigenvalue weighted by molar-refractivity contribution is 0.107. The van der Waals surface area contributed by atoms with E-state index >= 15 is 0 Å². The number of nitrogens with zero attached hydrogens (tertiary/aromatic N) is 1. The fourth-order valence-electron chi connectivity index (χ4n) is 3.96. The largest absolute Gasteiger partial charge is 0.311 e. The second-order valence-corrected chi connectivity index (χ2v) is 6.71. The SMILES string of the molecule is [C-]#[N+][C@@]1(C)CC[C@@H]2C(C)=CC[C@H](C(C)C)[C@@H]2C1. The van der Waals surface area contributed by atoms with Gasteiger partial charge in [0.25, 0.3) is 0 Å². The third kappa shape index (κ3) is 2.28. The Labute approximate surface area is 106 Å². The van der Waals surface area contributed by atoms with Crippen molar-refractivity contribution in [2.24, 2.45) is 23.7 Å². The van der Waals surface area contributed by atoms with Crippen LogP contribution in [0.5, 0.6) is 0 Å². The van der Waals surface area contributed by atoms with Crippen molar-refractivity contribution in [3.05, 3.63) is 23.1 Å². The molecule has 0 heterocycles. The highest BCUT2D eigenvalue weighted by atomic mass is 14.8. The lowest BCUT2D eigenvalue weighted by atomic mass is 9.59. The molecule has 0 aliphatic heterocycles. The number of fused-ring (bicyclic) bond motifs is 1. The molecule has 0 aromatic rings. The maximum atomic E-state index is 7.43. The van der Waals surface area contributed by atoms with E-state index < -0.39 is 0 Å². The molecular weight excluding hydrogens is 206 g/mol. The van der Waals surface area contributed by atoms with Crippen molar-refractivity contribution in [1.82, 2.24) is 0 Å². The van der Waals surface area contributed by atoms with Gasteiger partial charge >= 0.3 is 0 Å². The quantitative estimate of drug-likeness (QED) is 0.455. The lowest BCUT2D eigenvalue weighted by Crippen LogP contribution is -2.41. The molecule has 0 unspecified atom stereocenters. The highest BCUT2D eigenvalue weighted by molar-refractivity contribution is 5.16. The highest BCUT2D eigenvalue weighted by Crippen LogP contribution is 2.50. The summed E-state index contributed by atoms with van der Waals surface area (Å²) in [7, 11) is 0. The van der Waals surface area contributed by atoms with Crippen molar-refractivity contribution in [3.8, 4) is 0 Å². The number of rotatable bonds is 1. The standard InChI is InChI=1S/C16H25N/c1-11(2)13-7-6-12(3)14-8-9-16(4,17-5)10-15(13)14/h6,11,13-15H,7-10H2,1-4H3/t13-,14-,15+,16+/m1/s1. The van der Waals surface area contributed by atoms with Crippen LogP contribution in [0.2, 0.25) is 0 Å². The topological polar surface area (TPSA) is 4.36 Å². The van der Waals surface area contributed by atoms with E-state index in [-0.39, 0.29) is 5.54 Å². The molecule has 1 nitrogen and oxygen atoms in total. The second-order valence-electron chi connectivity index (χ2n) is 6.71. The van der Waals surface area contributed by atoms with Gasteiger partial charge in [-0.25, -0.2) is 6.57 Å². The Balaban J connectivity index is 2.25. The minimum absolute atomic E-state index is 0.0775. The van der Waals surface area contributed by atoms with Crippen LogP contribution in [0.4, 0.5) is 0 Å². The molecular formula is C16H25N. The van der Waals surface area contributed by atoms with Gasteiger partial charge in [-0.3, -0.25) is 0 Å². The summed E-state index contributed by atoms with van der Waals surface area (Å²) in [5.74, 6) is 3.07. The van der Waals surface area contributed by atoms with Crippen molar-refractivity contribution >= 4 is 0 Å². The van der Waals surface area contributed by atoms with Gasteiger partial charge in [0, 0.05) is 19.8 Å². The van der Waals surface area contributed by atoms with Crippen LogP contribution < -0.4 is 0 Å². The molecule has 0 amide bonds.